The quantitative estimate of drug-likeness (QED) is 0.837. The Kier molecular flexibility index (Phi) is 4.99. The predicted molar refractivity (Wildman–Crippen MR) is 88.9 cm³/mol. The summed E-state index contributed by atoms with van der Waals surface area (Å²) in [4.78, 5) is 4.48. The number of hydrogen-bond acceptors (Lipinski definition) is 3. The van der Waals surface area contributed by atoms with Crippen LogP contribution in [-0.4, -0.2) is 43.1 Å². The maximum absolute atomic E-state index is 14.4. The summed E-state index contributed by atoms with van der Waals surface area (Å²) in [5.74, 6) is -0.307. The Morgan fingerprint density at radius 1 is 1.60 bits per heavy atom. The first kappa shape index (κ1) is 15.7. The highest BCUT2D eigenvalue weighted by molar-refractivity contribution is 9.10. The fraction of sp³-hybridized carbons (Fsp3) is 0.500. The molecule has 0 bridgehead atoms. The molecule has 2 rings (SSSR count). The van der Waals surface area contributed by atoms with Crippen LogP contribution in [0.25, 0.3) is 0 Å². The number of likely N-dealkylation sites (tertiary alicyclic amines) is 1. The molecule has 1 aliphatic heterocycles. The average molecular weight is 360 g/mol. The van der Waals surface area contributed by atoms with E-state index in [2.05, 4.69) is 27.9 Å². The van der Waals surface area contributed by atoms with E-state index in [1.165, 1.54) is 6.42 Å². The van der Waals surface area contributed by atoms with Crippen molar-refractivity contribution in [3.05, 3.63) is 28.0 Å². The largest absolute Gasteiger partial charge is 0.389 e. The molecule has 1 aromatic carbocycles. The minimum atomic E-state index is -0.307. The summed E-state index contributed by atoms with van der Waals surface area (Å²) >= 11 is 8.16. The standard InChI is InChI=1S/C14H19BrFN3S/c1-18-7-3-4-9(18)8-19(2)11-6-5-10(14(17)20)12(15)13(11)16/h5-6,9H,3-4,7-8H2,1-2H3,(H2,17,20). The van der Waals surface area contributed by atoms with Crippen molar-refractivity contribution in [3.63, 3.8) is 0 Å². The van der Waals surface area contributed by atoms with Gasteiger partial charge in [0.2, 0.25) is 0 Å². The third-order valence-corrected chi connectivity index (χ3v) is 4.89. The number of halogens is 2. The summed E-state index contributed by atoms with van der Waals surface area (Å²) in [7, 11) is 4.03. The second-order valence-electron chi connectivity index (χ2n) is 5.28. The molecule has 3 nitrogen and oxygen atoms in total. The van der Waals surface area contributed by atoms with E-state index in [0.29, 0.717) is 21.8 Å². The first-order valence-corrected chi connectivity index (χ1v) is 7.81. The van der Waals surface area contributed by atoms with Crippen LogP contribution in [0, 0.1) is 5.82 Å². The van der Waals surface area contributed by atoms with Crippen molar-refractivity contribution in [2.24, 2.45) is 5.73 Å². The highest BCUT2D eigenvalue weighted by Crippen LogP contribution is 2.30. The molecule has 1 aliphatic rings. The van der Waals surface area contributed by atoms with Gasteiger partial charge in [-0.2, -0.15) is 0 Å². The lowest BCUT2D eigenvalue weighted by Gasteiger charge is -2.28. The molecular formula is C14H19BrFN3S. The van der Waals surface area contributed by atoms with E-state index < -0.39 is 0 Å². The van der Waals surface area contributed by atoms with E-state index >= 15 is 0 Å². The van der Waals surface area contributed by atoms with Crippen molar-refractivity contribution < 1.29 is 4.39 Å². The van der Waals surface area contributed by atoms with Crippen molar-refractivity contribution >= 4 is 38.8 Å². The minimum Gasteiger partial charge on any atom is -0.389 e. The van der Waals surface area contributed by atoms with Gasteiger partial charge in [0, 0.05) is 25.2 Å². The van der Waals surface area contributed by atoms with Gasteiger partial charge in [0.15, 0.2) is 5.82 Å². The summed E-state index contributed by atoms with van der Waals surface area (Å²) in [6.07, 6.45) is 2.37. The summed E-state index contributed by atoms with van der Waals surface area (Å²) in [5, 5.41) is 0. The normalized spacial score (nSPS) is 19.3. The number of nitrogens with zero attached hydrogens (tertiary/aromatic N) is 2. The van der Waals surface area contributed by atoms with Gasteiger partial charge >= 0.3 is 0 Å². The fourth-order valence-electron chi connectivity index (χ4n) is 2.65. The summed E-state index contributed by atoms with van der Waals surface area (Å²) in [6.45, 7) is 1.93. The van der Waals surface area contributed by atoms with Crippen molar-refractivity contribution in [1.82, 2.24) is 4.90 Å². The monoisotopic (exact) mass is 359 g/mol. The Balaban J connectivity index is 2.20. The molecule has 1 heterocycles. The number of nitrogens with two attached hydrogens (primary N) is 1. The van der Waals surface area contributed by atoms with Gasteiger partial charge in [-0.3, -0.25) is 0 Å². The zero-order chi connectivity index (χ0) is 14.9. The van der Waals surface area contributed by atoms with Crippen LogP contribution >= 0.6 is 28.1 Å². The van der Waals surface area contributed by atoms with Crippen molar-refractivity contribution in [3.8, 4) is 0 Å². The Bertz CT molecular complexity index is 523. The molecule has 6 heteroatoms. The van der Waals surface area contributed by atoms with Crippen LogP contribution in [0.2, 0.25) is 0 Å². The number of rotatable bonds is 4. The van der Waals surface area contributed by atoms with E-state index in [0.717, 1.165) is 19.5 Å². The molecule has 1 aromatic rings. The average Bonchev–Trinajstić information content (AvgIpc) is 2.77. The molecule has 1 atom stereocenters. The fourth-order valence-corrected chi connectivity index (χ4v) is 3.50. The lowest BCUT2D eigenvalue weighted by molar-refractivity contribution is 0.314. The maximum Gasteiger partial charge on any atom is 0.161 e. The number of benzene rings is 1. The van der Waals surface area contributed by atoms with Gasteiger partial charge < -0.3 is 15.5 Å². The molecule has 0 aliphatic carbocycles. The summed E-state index contributed by atoms with van der Waals surface area (Å²) in [6, 6.07) is 3.98. The van der Waals surface area contributed by atoms with Crippen molar-refractivity contribution in [2.75, 3.05) is 32.1 Å². The molecule has 0 radical (unpaired) electrons. The third kappa shape index (κ3) is 3.13. The van der Waals surface area contributed by atoms with Crippen LogP contribution in [0.3, 0.4) is 0 Å². The van der Waals surface area contributed by atoms with E-state index in [4.69, 9.17) is 18.0 Å². The van der Waals surface area contributed by atoms with Gasteiger partial charge in [-0.1, -0.05) is 12.2 Å². The molecule has 110 valence electrons. The Morgan fingerprint density at radius 2 is 2.30 bits per heavy atom. The van der Waals surface area contributed by atoms with Crippen LogP contribution < -0.4 is 10.6 Å². The number of thiocarbonyl (C=S) groups is 1. The van der Waals surface area contributed by atoms with Gasteiger partial charge in [0.25, 0.3) is 0 Å². The van der Waals surface area contributed by atoms with Gasteiger partial charge in [0.05, 0.1) is 10.2 Å². The highest BCUT2D eigenvalue weighted by atomic mass is 79.9. The van der Waals surface area contributed by atoms with Crippen LogP contribution in [0.15, 0.2) is 16.6 Å². The third-order valence-electron chi connectivity index (χ3n) is 3.89. The zero-order valence-corrected chi connectivity index (χ0v) is 14.1. The molecule has 1 unspecified atom stereocenters. The van der Waals surface area contributed by atoms with Crippen molar-refractivity contribution in [1.29, 1.82) is 0 Å². The number of hydrogen-bond donors (Lipinski definition) is 1. The molecule has 2 N–H and O–H groups in total. The zero-order valence-electron chi connectivity index (χ0n) is 11.7. The van der Waals surface area contributed by atoms with Crippen LogP contribution in [-0.2, 0) is 0 Å². The second-order valence-corrected chi connectivity index (χ2v) is 6.51. The maximum atomic E-state index is 14.4. The number of anilines is 1. The lowest BCUT2D eigenvalue weighted by atomic mass is 10.1. The molecule has 0 amide bonds. The summed E-state index contributed by atoms with van der Waals surface area (Å²) < 4.78 is 14.8. The predicted octanol–water partition coefficient (Wildman–Crippen LogP) is 2.75. The van der Waals surface area contributed by atoms with Gasteiger partial charge in [-0.25, -0.2) is 4.39 Å². The van der Waals surface area contributed by atoms with E-state index in [-0.39, 0.29) is 10.8 Å². The molecule has 0 saturated carbocycles. The molecule has 0 spiro atoms. The Hall–Kier alpha value is -0.720. The van der Waals surface area contributed by atoms with E-state index in [9.17, 15) is 4.39 Å². The van der Waals surface area contributed by atoms with Crippen LogP contribution in [0.4, 0.5) is 10.1 Å². The van der Waals surface area contributed by atoms with Gasteiger partial charge in [-0.15, -0.1) is 0 Å². The Morgan fingerprint density at radius 3 is 2.85 bits per heavy atom. The van der Waals surface area contributed by atoms with E-state index in [1.54, 1.807) is 12.1 Å². The van der Waals surface area contributed by atoms with E-state index in [1.807, 2.05) is 11.9 Å². The molecule has 1 saturated heterocycles. The first-order chi connectivity index (χ1) is 9.41. The molecular weight excluding hydrogens is 341 g/mol. The lowest BCUT2D eigenvalue weighted by Crippen LogP contribution is -2.37. The van der Waals surface area contributed by atoms with Crippen LogP contribution in [0.5, 0.6) is 0 Å². The number of likely N-dealkylation sites (N-methyl/N-ethyl adjacent to an activating group) is 2. The van der Waals surface area contributed by atoms with Crippen molar-refractivity contribution in [2.45, 2.75) is 18.9 Å². The minimum absolute atomic E-state index is 0.195. The SMILES string of the molecule is CN(CC1CCCN1C)c1ccc(C(N)=S)c(Br)c1F. The van der Waals surface area contributed by atoms with Crippen LogP contribution in [0.1, 0.15) is 18.4 Å². The van der Waals surface area contributed by atoms with Gasteiger partial charge in [-0.05, 0) is 54.5 Å². The molecule has 1 fully saturated rings. The Labute approximate surface area is 133 Å². The topological polar surface area (TPSA) is 32.5 Å². The highest BCUT2D eigenvalue weighted by Gasteiger charge is 2.24. The van der Waals surface area contributed by atoms with Gasteiger partial charge in [0.1, 0.15) is 4.99 Å². The molecule has 0 aromatic heterocycles. The smallest absolute Gasteiger partial charge is 0.161 e. The first-order valence-electron chi connectivity index (χ1n) is 6.61. The molecule has 20 heavy (non-hydrogen) atoms. The second kappa shape index (κ2) is 6.37. The summed E-state index contributed by atoms with van der Waals surface area (Å²) in [5.41, 5.74) is 6.68.